The highest BCUT2D eigenvalue weighted by Crippen LogP contribution is 2.24. The maximum absolute atomic E-state index is 5.16. The van der Waals surface area contributed by atoms with Crippen molar-refractivity contribution in [1.29, 1.82) is 0 Å². The number of nitrogens with one attached hydrogen (secondary N) is 1. The van der Waals surface area contributed by atoms with Gasteiger partial charge in [-0.15, -0.1) is 0 Å². The van der Waals surface area contributed by atoms with Gasteiger partial charge >= 0.3 is 0 Å². The van der Waals surface area contributed by atoms with Gasteiger partial charge in [0.2, 0.25) is 5.95 Å². The first kappa shape index (κ1) is 12.0. The Morgan fingerprint density at radius 2 is 1.95 bits per heavy atom. The highest BCUT2D eigenvalue weighted by atomic mass is 16.5. The van der Waals surface area contributed by atoms with Crippen molar-refractivity contribution >= 4 is 5.95 Å². The third-order valence-corrected chi connectivity index (χ3v) is 3.48. The zero-order chi connectivity index (χ0) is 13.1. The molecule has 0 spiro atoms. The van der Waals surface area contributed by atoms with Gasteiger partial charge in [-0.3, -0.25) is 0 Å². The Labute approximate surface area is 112 Å². The summed E-state index contributed by atoms with van der Waals surface area (Å²) >= 11 is 0. The van der Waals surface area contributed by atoms with Gasteiger partial charge in [-0.1, -0.05) is 0 Å². The maximum Gasteiger partial charge on any atom is 0.223 e. The van der Waals surface area contributed by atoms with E-state index in [1.54, 1.807) is 13.3 Å². The summed E-state index contributed by atoms with van der Waals surface area (Å²) in [6.07, 6.45) is 5.54. The molecule has 4 nitrogen and oxygen atoms in total. The first-order valence-corrected chi connectivity index (χ1v) is 6.59. The number of hydrogen-bond acceptors (Lipinski definition) is 4. The zero-order valence-corrected chi connectivity index (χ0v) is 11.0. The van der Waals surface area contributed by atoms with E-state index >= 15 is 0 Å². The van der Waals surface area contributed by atoms with E-state index in [2.05, 4.69) is 15.3 Å². The van der Waals surface area contributed by atoms with E-state index < -0.39 is 0 Å². The first-order valence-electron chi connectivity index (χ1n) is 6.59. The van der Waals surface area contributed by atoms with Crippen LogP contribution in [0.5, 0.6) is 5.75 Å². The largest absolute Gasteiger partial charge is 0.497 e. The van der Waals surface area contributed by atoms with Gasteiger partial charge in [-0.25, -0.2) is 9.97 Å². The van der Waals surface area contributed by atoms with Crippen molar-refractivity contribution < 1.29 is 4.74 Å². The molecule has 1 aliphatic carbocycles. The van der Waals surface area contributed by atoms with Crippen LogP contribution < -0.4 is 10.1 Å². The van der Waals surface area contributed by atoms with Crippen LogP contribution in [0.25, 0.3) is 11.3 Å². The van der Waals surface area contributed by atoms with Gasteiger partial charge < -0.3 is 10.1 Å². The van der Waals surface area contributed by atoms with Gasteiger partial charge in [-0.05, 0) is 49.6 Å². The van der Waals surface area contributed by atoms with Crippen molar-refractivity contribution in [3.8, 4) is 17.0 Å². The first-order chi connectivity index (χ1) is 9.35. The number of hydrogen-bond donors (Lipinski definition) is 1. The van der Waals surface area contributed by atoms with Crippen molar-refractivity contribution in [3.05, 3.63) is 36.5 Å². The molecule has 0 saturated heterocycles. The van der Waals surface area contributed by atoms with Gasteiger partial charge in [0.15, 0.2) is 0 Å². The quantitative estimate of drug-likeness (QED) is 0.911. The van der Waals surface area contributed by atoms with Crippen LogP contribution in [0.2, 0.25) is 0 Å². The lowest BCUT2D eigenvalue weighted by molar-refractivity contribution is 0.415. The minimum Gasteiger partial charge on any atom is -0.497 e. The fraction of sp³-hybridized carbons (Fsp3) is 0.333. The van der Waals surface area contributed by atoms with Gasteiger partial charge in [0.25, 0.3) is 0 Å². The van der Waals surface area contributed by atoms with Crippen LogP contribution >= 0.6 is 0 Å². The molecule has 0 atom stereocenters. The molecule has 1 heterocycles. The molecule has 4 heteroatoms. The highest BCUT2D eigenvalue weighted by Gasteiger charge is 2.17. The Bertz CT molecular complexity index is 550. The van der Waals surface area contributed by atoms with Crippen LogP contribution in [-0.4, -0.2) is 23.1 Å². The average Bonchev–Trinajstić information content (AvgIpc) is 2.43. The Morgan fingerprint density at radius 1 is 1.16 bits per heavy atom. The molecule has 0 unspecified atom stereocenters. The second-order valence-electron chi connectivity index (χ2n) is 4.77. The minimum atomic E-state index is 0.547. The molecule has 0 amide bonds. The van der Waals surface area contributed by atoms with E-state index in [0.717, 1.165) is 23.0 Å². The van der Waals surface area contributed by atoms with Gasteiger partial charge in [-0.2, -0.15) is 0 Å². The van der Waals surface area contributed by atoms with E-state index in [-0.39, 0.29) is 0 Å². The van der Waals surface area contributed by atoms with Crippen molar-refractivity contribution in [2.45, 2.75) is 25.3 Å². The summed E-state index contributed by atoms with van der Waals surface area (Å²) in [5.74, 6) is 1.57. The number of benzene rings is 1. The predicted octanol–water partition coefficient (Wildman–Crippen LogP) is 3.12. The summed E-state index contributed by atoms with van der Waals surface area (Å²) in [7, 11) is 1.67. The fourth-order valence-corrected chi connectivity index (χ4v) is 2.09. The average molecular weight is 255 g/mol. The highest BCUT2D eigenvalue weighted by molar-refractivity contribution is 5.61. The van der Waals surface area contributed by atoms with Crippen LogP contribution in [0.4, 0.5) is 5.95 Å². The molecular formula is C15H17N3O. The molecule has 1 aliphatic rings. The molecule has 98 valence electrons. The SMILES string of the molecule is COc1ccc(-c2ccnc(NC3CCC3)n2)cc1. The van der Waals surface area contributed by atoms with Crippen LogP contribution in [0.15, 0.2) is 36.5 Å². The molecule has 0 aliphatic heterocycles. The molecule has 1 aromatic carbocycles. The molecule has 1 fully saturated rings. The van der Waals surface area contributed by atoms with Gasteiger partial charge in [0.1, 0.15) is 5.75 Å². The Hall–Kier alpha value is -2.10. The summed E-state index contributed by atoms with van der Waals surface area (Å²) in [5, 5.41) is 3.36. The third-order valence-electron chi connectivity index (χ3n) is 3.48. The molecule has 19 heavy (non-hydrogen) atoms. The van der Waals surface area contributed by atoms with E-state index in [9.17, 15) is 0 Å². The van der Waals surface area contributed by atoms with Crippen LogP contribution in [0.1, 0.15) is 19.3 Å². The predicted molar refractivity (Wildman–Crippen MR) is 75.3 cm³/mol. The summed E-state index contributed by atoms with van der Waals surface area (Å²) in [4.78, 5) is 8.83. The molecule has 2 aromatic rings. The van der Waals surface area contributed by atoms with E-state index in [1.165, 1.54) is 19.3 Å². The molecule has 3 rings (SSSR count). The summed E-state index contributed by atoms with van der Waals surface area (Å²) in [6.45, 7) is 0. The number of anilines is 1. The number of rotatable bonds is 4. The second-order valence-corrected chi connectivity index (χ2v) is 4.77. The summed E-state index contributed by atoms with van der Waals surface area (Å²) in [5.41, 5.74) is 2.00. The zero-order valence-electron chi connectivity index (χ0n) is 11.0. The lowest BCUT2D eigenvalue weighted by Gasteiger charge is -2.26. The van der Waals surface area contributed by atoms with Gasteiger partial charge in [0.05, 0.1) is 12.8 Å². The Balaban J connectivity index is 1.80. The van der Waals surface area contributed by atoms with E-state index in [4.69, 9.17) is 4.74 Å². The normalized spacial score (nSPS) is 14.8. The third kappa shape index (κ3) is 2.67. The number of ether oxygens (including phenoxy) is 1. The summed E-state index contributed by atoms with van der Waals surface area (Å²) < 4.78 is 5.16. The van der Waals surface area contributed by atoms with Crippen molar-refractivity contribution in [2.24, 2.45) is 0 Å². The van der Waals surface area contributed by atoms with Crippen molar-refractivity contribution in [1.82, 2.24) is 9.97 Å². The lowest BCUT2D eigenvalue weighted by atomic mass is 9.93. The van der Waals surface area contributed by atoms with Crippen LogP contribution in [0.3, 0.4) is 0 Å². The number of methoxy groups -OCH3 is 1. The lowest BCUT2D eigenvalue weighted by Crippen LogP contribution is -2.27. The number of aromatic nitrogens is 2. The monoisotopic (exact) mass is 255 g/mol. The Kier molecular flexibility index (Phi) is 3.31. The molecule has 1 aromatic heterocycles. The maximum atomic E-state index is 5.16. The van der Waals surface area contributed by atoms with Gasteiger partial charge in [0, 0.05) is 17.8 Å². The minimum absolute atomic E-state index is 0.547. The van der Waals surface area contributed by atoms with Crippen molar-refractivity contribution in [3.63, 3.8) is 0 Å². The van der Waals surface area contributed by atoms with Crippen molar-refractivity contribution in [2.75, 3.05) is 12.4 Å². The number of nitrogens with zero attached hydrogens (tertiary/aromatic N) is 2. The standard InChI is InChI=1S/C15H17N3O/c1-19-13-7-5-11(6-8-13)14-9-10-16-15(18-14)17-12-3-2-4-12/h5-10,12H,2-4H2,1H3,(H,16,17,18). The molecule has 0 bridgehead atoms. The fourth-order valence-electron chi connectivity index (χ4n) is 2.09. The second kappa shape index (κ2) is 5.26. The smallest absolute Gasteiger partial charge is 0.223 e. The van der Waals surface area contributed by atoms with E-state index in [0.29, 0.717) is 6.04 Å². The molecule has 1 N–H and O–H groups in total. The molecule has 0 radical (unpaired) electrons. The van der Waals surface area contributed by atoms with E-state index in [1.807, 2.05) is 30.3 Å². The molecule has 1 saturated carbocycles. The topological polar surface area (TPSA) is 47.0 Å². The summed E-state index contributed by atoms with van der Waals surface area (Å²) in [6, 6.07) is 10.4. The van der Waals surface area contributed by atoms with Crippen LogP contribution in [0, 0.1) is 0 Å². The molecular weight excluding hydrogens is 238 g/mol. The van der Waals surface area contributed by atoms with Crippen LogP contribution in [-0.2, 0) is 0 Å². The Morgan fingerprint density at radius 3 is 2.58 bits per heavy atom.